The van der Waals surface area contributed by atoms with Gasteiger partial charge in [-0.2, -0.15) is 0 Å². The van der Waals surface area contributed by atoms with E-state index in [0.717, 1.165) is 6.07 Å². The van der Waals surface area contributed by atoms with Crippen LogP contribution in [0, 0.1) is 0 Å². The molecule has 0 amide bonds. The van der Waals surface area contributed by atoms with Crippen LogP contribution in [0.15, 0.2) is 35.5 Å². The molecule has 0 radical (unpaired) electrons. The number of halogens is 1. The Hall–Kier alpha value is -1.86. The predicted octanol–water partition coefficient (Wildman–Crippen LogP) is 1.79. The number of carbonyl (C=O) groups is 1. The summed E-state index contributed by atoms with van der Waals surface area (Å²) >= 11 is 5.88. The molecule has 1 heterocycles. The van der Waals surface area contributed by atoms with E-state index in [0.29, 0.717) is 5.82 Å². The lowest BCUT2D eigenvalue weighted by molar-refractivity contribution is 0.0696. The average molecular weight is 329 g/mol. The fourth-order valence-corrected chi connectivity index (χ4v) is 3.66. The number of imidazole rings is 1. The smallest absolute Gasteiger partial charge is 0.335 e. The number of aryl methyl sites for hydroxylation is 2. The van der Waals surface area contributed by atoms with Gasteiger partial charge in [0, 0.05) is 25.9 Å². The molecule has 112 valence electrons. The number of rotatable bonds is 5. The van der Waals surface area contributed by atoms with Gasteiger partial charge in [-0.3, -0.25) is 0 Å². The van der Waals surface area contributed by atoms with Crippen molar-refractivity contribution in [2.75, 3.05) is 5.75 Å². The lowest BCUT2D eigenvalue weighted by Gasteiger charge is -2.08. The molecule has 0 aliphatic carbocycles. The molecule has 1 N–H and O–H groups in total. The zero-order chi connectivity index (χ0) is 15.6. The standard InChI is InChI=1S/C13H13ClN2O4S/c1-16-6-5-15-12(16)4-7-21(19,20)11-8-9(13(17)18)2-3-10(11)14/h2-3,5-6,8H,4,7H2,1H3,(H,17,18). The Kier molecular flexibility index (Phi) is 4.34. The molecular weight excluding hydrogens is 316 g/mol. The van der Waals surface area contributed by atoms with E-state index in [1.165, 1.54) is 12.1 Å². The van der Waals surface area contributed by atoms with Gasteiger partial charge in [0.15, 0.2) is 9.84 Å². The third-order valence-corrected chi connectivity index (χ3v) is 5.22. The second-order valence-electron chi connectivity index (χ2n) is 4.47. The molecule has 21 heavy (non-hydrogen) atoms. The van der Waals surface area contributed by atoms with Crippen molar-refractivity contribution in [2.24, 2.45) is 7.05 Å². The van der Waals surface area contributed by atoms with E-state index in [9.17, 15) is 13.2 Å². The van der Waals surface area contributed by atoms with E-state index in [4.69, 9.17) is 16.7 Å². The summed E-state index contributed by atoms with van der Waals surface area (Å²) in [6.45, 7) is 0. The molecule has 0 atom stereocenters. The van der Waals surface area contributed by atoms with Crippen LogP contribution < -0.4 is 0 Å². The largest absolute Gasteiger partial charge is 0.478 e. The van der Waals surface area contributed by atoms with Crippen molar-refractivity contribution < 1.29 is 18.3 Å². The number of carboxylic acid groups (broad SMARTS) is 1. The summed E-state index contributed by atoms with van der Waals surface area (Å²) in [6.07, 6.45) is 3.53. The lowest BCUT2D eigenvalue weighted by atomic mass is 10.2. The molecule has 0 fully saturated rings. The van der Waals surface area contributed by atoms with Crippen LogP contribution in [-0.2, 0) is 23.3 Å². The molecule has 0 saturated heterocycles. The number of carboxylic acids is 1. The Morgan fingerprint density at radius 3 is 2.71 bits per heavy atom. The second-order valence-corrected chi connectivity index (χ2v) is 6.96. The van der Waals surface area contributed by atoms with Crippen molar-refractivity contribution in [1.29, 1.82) is 0 Å². The molecule has 0 aliphatic heterocycles. The summed E-state index contributed by atoms with van der Waals surface area (Å²) in [5.74, 6) is -0.767. The van der Waals surface area contributed by atoms with Gasteiger partial charge in [0.2, 0.25) is 0 Å². The highest BCUT2D eigenvalue weighted by Gasteiger charge is 2.21. The molecular formula is C13H13ClN2O4S. The van der Waals surface area contributed by atoms with Gasteiger partial charge in [0.1, 0.15) is 5.82 Å². The van der Waals surface area contributed by atoms with Crippen LogP contribution in [0.3, 0.4) is 0 Å². The highest BCUT2D eigenvalue weighted by molar-refractivity contribution is 7.91. The van der Waals surface area contributed by atoms with E-state index in [2.05, 4.69) is 4.98 Å². The van der Waals surface area contributed by atoms with Crippen molar-refractivity contribution >= 4 is 27.4 Å². The Bertz CT molecular complexity index is 783. The number of hydrogen-bond acceptors (Lipinski definition) is 4. The molecule has 0 bridgehead atoms. The van der Waals surface area contributed by atoms with Crippen molar-refractivity contribution in [3.8, 4) is 0 Å². The normalized spacial score (nSPS) is 11.5. The first kappa shape index (κ1) is 15.5. The van der Waals surface area contributed by atoms with Gasteiger partial charge in [0.25, 0.3) is 0 Å². The maximum Gasteiger partial charge on any atom is 0.335 e. The molecule has 2 aromatic rings. The number of aromatic nitrogens is 2. The van der Waals surface area contributed by atoms with Crippen LogP contribution in [0.2, 0.25) is 5.02 Å². The quantitative estimate of drug-likeness (QED) is 0.903. The molecule has 0 unspecified atom stereocenters. The SMILES string of the molecule is Cn1ccnc1CCS(=O)(=O)c1cc(C(=O)O)ccc1Cl. The highest BCUT2D eigenvalue weighted by atomic mass is 35.5. The van der Waals surface area contributed by atoms with E-state index in [1.807, 2.05) is 0 Å². The first-order valence-electron chi connectivity index (χ1n) is 6.03. The van der Waals surface area contributed by atoms with E-state index in [-0.39, 0.29) is 27.7 Å². The Labute approximate surface area is 126 Å². The molecule has 0 aliphatic rings. The molecule has 1 aromatic heterocycles. The molecule has 8 heteroatoms. The zero-order valence-electron chi connectivity index (χ0n) is 11.2. The van der Waals surface area contributed by atoms with Crippen molar-refractivity contribution in [3.05, 3.63) is 47.0 Å². The molecule has 1 aromatic carbocycles. The molecule has 6 nitrogen and oxygen atoms in total. The van der Waals surface area contributed by atoms with Crippen molar-refractivity contribution in [2.45, 2.75) is 11.3 Å². The van der Waals surface area contributed by atoms with Crippen molar-refractivity contribution in [3.63, 3.8) is 0 Å². The summed E-state index contributed by atoms with van der Waals surface area (Å²) < 4.78 is 26.4. The van der Waals surface area contributed by atoms with Gasteiger partial charge < -0.3 is 9.67 Å². The summed E-state index contributed by atoms with van der Waals surface area (Å²) in [5, 5.41) is 8.94. The first-order chi connectivity index (χ1) is 9.81. The van der Waals surface area contributed by atoms with Gasteiger partial charge in [-0.25, -0.2) is 18.2 Å². The second kappa shape index (κ2) is 5.87. The summed E-state index contributed by atoms with van der Waals surface area (Å²) in [6, 6.07) is 3.62. The Balaban J connectivity index is 2.29. The summed E-state index contributed by atoms with van der Waals surface area (Å²) in [7, 11) is -1.92. The minimum atomic E-state index is -3.69. The number of nitrogens with zero attached hydrogens (tertiary/aromatic N) is 2. The number of hydrogen-bond donors (Lipinski definition) is 1. The number of aromatic carboxylic acids is 1. The Morgan fingerprint density at radius 2 is 2.14 bits per heavy atom. The van der Waals surface area contributed by atoms with Gasteiger partial charge in [-0.15, -0.1) is 0 Å². The number of benzene rings is 1. The van der Waals surface area contributed by atoms with Gasteiger partial charge >= 0.3 is 5.97 Å². The highest BCUT2D eigenvalue weighted by Crippen LogP contribution is 2.24. The van der Waals surface area contributed by atoms with Crippen LogP contribution >= 0.6 is 11.6 Å². The lowest BCUT2D eigenvalue weighted by Crippen LogP contribution is -2.13. The Morgan fingerprint density at radius 1 is 1.43 bits per heavy atom. The van der Waals surface area contributed by atoms with E-state index in [1.54, 1.807) is 24.0 Å². The summed E-state index contributed by atoms with van der Waals surface area (Å²) in [4.78, 5) is 14.8. The minimum Gasteiger partial charge on any atom is -0.478 e. The first-order valence-corrected chi connectivity index (χ1v) is 8.06. The van der Waals surface area contributed by atoms with Crippen molar-refractivity contribution in [1.82, 2.24) is 9.55 Å². The predicted molar refractivity (Wildman–Crippen MR) is 77.4 cm³/mol. The minimum absolute atomic E-state index is 0.0137. The van der Waals surface area contributed by atoms with E-state index >= 15 is 0 Å². The molecule has 0 saturated carbocycles. The maximum atomic E-state index is 12.3. The van der Waals surface area contributed by atoms with Gasteiger partial charge in [-0.1, -0.05) is 11.6 Å². The third-order valence-electron chi connectivity index (χ3n) is 3.03. The van der Waals surface area contributed by atoms with Crippen LogP contribution in [-0.4, -0.2) is 34.8 Å². The van der Waals surface area contributed by atoms with Gasteiger partial charge in [-0.05, 0) is 18.2 Å². The average Bonchev–Trinajstić information content (AvgIpc) is 2.82. The number of sulfone groups is 1. The van der Waals surface area contributed by atoms with Gasteiger partial charge in [0.05, 0.1) is 21.2 Å². The fraction of sp³-hybridized carbons (Fsp3) is 0.231. The topological polar surface area (TPSA) is 89.3 Å². The van der Waals surface area contributed by atoms with Crippen LogP contribution in [0.1, 0.15) is 16.2 Å². The summed E-state index contributed by atoms with van der Waals surface area (Å²) in [5.41, 5.74) is -0.116. The maximum absolute atomic E-state index is 12.3. The monoisotopic (exact) mass is 328 g/mol. The fourth-order valence-electron chi connectivity index (χ4n) is 1.85. The molecule has 0 spiro atoms. The van der Waals surface area contributed by atoms with Crippen LogP contribution in [0.5, 0.6) is 0 Å². The van der Waals surface area contributed by atoms with Crippen LogP contribution in [0.25, 0.3) is 0 Å². The zero-order valence-corrected chi connectivity index (χ0v) is 12.7. The third kappa shape index (κ3) is 3.43. The van der Waals surface area contributed by atoms with E-state index < -0.39 is 15.8 Å². The molecule has 2 rings (SSSR count). The van der Waals surface area contributed by atoms with Crippen LogP contribution in [0.4, 0.5) is 0 Å².